The van der Waals surface area contributed by atoms with Crippen LogP contribution in [0.3, 0.4) is 0 Å². The minimum absolute atomic E-state index is 0.0968. The Morgan fingerprint density at radius 3 is 2.50 bits per heavy atom. The van der Waals surface area contributed by atoms with Crippen LogP contribution in [0, 0.1) is 0 Å². The van der Waals surface area contributed by atoms with Crippen molar-refractivity contribution >= 4 is 5.97 Å². The van der Waals surface area contributed by atoms with Crippen molar-refractivity contribution in [2.75, 3.05) is 0 Å². The molecule has 1 aromatic carbocycles. The van der Waals surface area contributed by atoms with Gasteiger partial charge < -0.3 is 14.9 Å². The smallest absolute Gasteiger partial charge is 0.305 e. The van der Waals surface area contributed by atoms with Crippen LogP contribution in [0.5, 0.6) is 0 Å². The third-order valence-electron chi connectivity index (χ3n) is 2.26. The second kappa shape index (κ2) is 6.25. The van der Waals surface area contributed by atoms with Crippen LogP contribution < -0.4 is 0 Å². The number of carboxylic acids is 1. The summed E-state index contributed by atoms with van der Waals surface area (Å²) in [7, 11) is 0. The third kappa shape index (κ3) is 4.00. The first kappa shape index (κ1) is 12.7. The van der Waals surface area contributed by atoms with Gasteiger partial charge in [0.2, 0.25) is 0 Å². The summed E-state index contributed by atoms with van der Waals surface area (Å²) in [4.78, 5) is 10.5. The van der Waals surface area contributed by atoms with Crippen LogP contribution in [-0.2, 0) is 9.53 Å². The third-order valence-corrected chi connectivity index (χ3v) is 2.26. The molecule has 2 unspecified atom stereocenters. The predicted molar refractivity (Wildman–Crippen MR) is 58.8 cm³/mol. The van der Waals surface area contributed by atoms with E-state index in [4.69, 9.17) is 9.84 Å². The van der Waals surface area contributed by atoms with Gasteiger partial charge in [-0.05, 0) is 6.42 Å². The van der Waals surface area contributed by atoms with E-state index in [1.54, 1.807) is 24.3 Å². The molecule has 0 spiro atoms. The van der Waals surface area contributed by atoms with Crippen molar-refractivity contribution in [3.8, 4) is 0 Å². The highest BCUT2D eigenvalue weighted by Gasteiger charge is 2.17. The minimum Gasteiger partial charge on any atom is -0.481 e. The molecule has 0 radical (unpaired) electrons. The van der Waals surface area contributed by atoms with E-state index in [0.717, 1.165) is 0 Å². The van der Waals surface area contributed by atoms with Gasteiger partial charge in [-0.1, -0.05) is 37.3 Å². The molecular weight excluding hydrogens is 208 g/mol. The molecule has 1 rings (SSSR count). The Balaban J connectivity index is 2.55. The second-order valence-corrected chi connectivity index (χ2v) is 3.53. The van der Waals surface area contributed by atoms with Gasteiger partial charge in [0, 0.05) is 5.56 Å². The van der Waals surface area contributed by atoms with Gasteiger partial charge in [-0.3, -0.25) is 4.79 Å². The number of carbonyl (C=O) groups is 1. The van der Waals surface area contributed by atoms with Gasteiger partial charge in [-0.15, -0.1) is 0 Å². The van der Waals surface area contributed by atoms with Gasteiger partial charge in [-0.25, -0.2) is 0 Å². The highest BCUT2D eigenvalue weighted by atomic mass is 16.6. The topological polar surface area (TPSA) is 66.8 Å². The SMILES string of the molecule is CCC(CC(=O)O)OC(O)c1ccccc1. The van der Waals surface area contributed by atoms with E-state index < -0.39 is 18.4 Å². The molecule has 0 saturated heterocycles. The molecule has 0 heterocycles. The van der Waals surface area contributed by atoms with E-state index in [9.17, 15) is 9.90 Å². The summed E-state index contributed by atoms with van der Waals surface area (Å²) in [5.74, 6) is -0.924. The standard InChI is InChI=1S/C12H16O4/c1-2-10(8-11(13)14)16-12(15)9-6-4-3-5-7-9/h3-7,10,12,15H,2,8H2,1H3,(H,13,14). The number of aliphatic carboxylic acids is 1. The lowest BCUT2D eigenvalue weighted by molar-refractivity contribution is -0.158. The monoisotopic (exact) mass is 224 g/mol. The highest BCUT2D eigenvalue weighted by Crippen LogP contribution is 2.18. The Bertz CT molecular complexity index is 323. The number of rotatable bonds is 6. The lowest BCUT2D eigenvalue weighted by Gasteiger charge is -2.19. The number of aliphatic hydroxyl groups is 1. The maximum absolute atomic E-state index is 10.5. The molecule has 2 N–H and O–H groups in total. The average molecular weight is 224 g/mol. The Morgan fingerprint density at radius 2 is 2.00 bits per heavy atom. The van der Waals surface area contributed by atoms with E-state index in [1.165, 1.54) is 0 Å². The first-order valence-corrected chi connectivity index (χ1v) is 5.23. The molecule has 0 fully saturated rings. The molecule has 16 heavy (non-hydrogen) atoms. The molecular formula is C12H16O4. The molecule has 2 atom stereocenters. The Kier molecular flexibility index (Phi) is 4.95. The zero-order valence-electron chi connectivity index (χ0n) is 9.17. The van der Waals surface area contributed by atoms with Crippen molar-refractivity contribution in [1.29, 1.82) is 0 Å². The number of ether oxygens (including phenoxy) is 1. The molecule has 4 heteroatoms. The molecule has 4 nitrogen and oxygen atoms in total. The van der Waals surface area contributed by atoms with Crippen molar-refractivity contribution in [3.63, 3.8) is 0 Å². The fraction of sp³-hybridized carbons (Fsp3) is 0.417. The zero-order valence-corrected chi connectivity index (χ0v) is 9.17. The molecule has 0 saturated carbocycles. The second-order valence-electron chi connectivity index (χ2n) is 3.53. The van der Waals surface area contributed by atoms with Crippen LogP contribution in [0.4, 0.5) is 0 Å². The lowest BCUT2D eigenvalue weighted by Crippen LogP contribution is -2.19. The van der Waals surface area contributed by atoms with Gasteiger partial charge >= 0.3 is 5.97 Å². The number of hydrogen-bond acceptors (Lipinski definition) is 3. The maximum Gasteiger partial charge on any atom is 0.305 e. The highest BCUT2D eigenvalue weighted by molar-refractivity contribution is 5.67. The molecule has 0 aliphatic rings. The Labute approximate surface area is 94.5 Å². The van der Waals surface area contributed by atoms with E-state index in [2.05, 4.69) is 0 Å². The summed E-state index contributed by atoms with van der Waals surface area (Å²) < 4.78 is 5.27. The van der Waals surface area contributed by atoms with Gasteiger partial charge in [0.1, 0.15) is 0 Å². The van der Waals surface area contributed by atoms with Crippen molar-refractivity contribution < 1.29 is 19.7 Å². The van der Waals surface area contributed by atoms with Gasteiger partial charge in [0.25, 0.3) is 0 Å². The van der Waals surface area contributed by atoms with Crippen LogP contribution in [0.1, 0.15) is 31.6 Å². The summed E-state index contributed by atoms with van der Waals surface area (Å²) >= 11 is 0. The van der Waals surface area contributed by atoms with E-state index in [1.807, 2.05) is 13.0 Å². The van der Waals surface area contributed by atoms with E-state index in [-0.39, 0.29) is 6.42 Å². The normalized spacial score (nSPS) is 14.4. The summed E-state index contributed by atoms with van der Waals surface area (Å²) in [5, 5.41) is 18.4. The fourth-order valence-electron chi connectivity index (χ4n) is 1.36. The first-order chi connectivity index (χ1) is 7.63. The van der Waals surface area contributed by atoms with Crippen LogP contribution in [0.2, 0.25) is 0 Å². The quantitative estimate of drug-likeness (QED) is 0.725. The first-order valence-electron chi connectivity index (χ1n) is 5.23. The molecule has 0 aliphatic carbocycles. The molecule has 0 aliphatic heterocycles. The van der Waals surface area contributed by atoms with E-state index in [0.29, 0.717) is 12.0 Å². The average Bonchev–Trinajstić information content (AvgIpc) is 2.28. The summed E-state index contributed by atoms with van der Waals surface area (Å²) in [6, 6.07) is 8.89. The van der Waals surface area contributed by atoms with Crippen LogP contribution in [0.25, 0.3) is 0 Å². The Morgan fingerprint density at radius 1 is 1.38 bits per heavy atom. The molecule has 0 bridgehead atoms. The maximum atomic E-state index is 10.5. The summed E-state index contributed by atoms with van der Waals surface area (Å²) in [5.41, 5.74) is 0.631. The minimum atomic E-state index is -1.06. The predicted octanol–water partition coefficient (Wildman–Crippen LogP) is 1.95. The van der Waals surface area contributed by atoms with Crippen LogP contribution in [0.15, 0.2) is 30.3 Å². The lowest BCUT2D eigenvalue weighted by atomic mass is 10.2. The van der Waals surface area contributed by atoms with Gasteiger partial charge in [0.15, 0.2) is 6.29 Å². The molecule has 1 aromatic rings. The van der Waals surface area contributed by atoms with Crippen LogP contribution >= 0.6 is 0 Å². The fourth-order valence-corrected chi connectivity index (χ4v) is 1.36. The van der Waals surface area contributed by atoms with Gasteiger partial charge in [-0.2, -0.15) is 0 Å². The summed E-state index contributed by atoms with van der Waals surface area (Å²) in [6.07, 6.45) is -1.07. The van der Waals surface area contributed by atoms with Crippen molar-refractivity contribution in [1.82, 2.24) is 0 Å². The van der Waals surface area contributed by atoms with Gasteiger partial charge in [0.05, 0.1) is 12.5 Å². The number of benzene rings is 1. The summed E-state index contributed by atoms with van der Waals surface area (Å²) in [6.45, 7) is 1.82. The number of aliphatic hydroxyl groups excluding tert-OH is 1. The molecule has 0 amide bonds. The number of carboxylic acid groups (broad SMARTS) is 1. The van der Waals surface area contributed by atoms with E-state index >= 15 is 0 Å². The zero-order chi connectivity index (χ0) is 12.0. The molecule has 0 aromatic heterocycles. The Hall–Kier alpha value is -1.39. The molecule has 88 valence electrons. The van der Waals surface area contributed by atoms with Crippen molar-refractivity contribution in [2.45, 2.75) is 32.2 Å². The largest absolute Gasteiger partial charge is 0.481 e. The number of hydrogen-bond donors (Lipinski definition) is 2. The van der Waals surface area contributed by atoms with Crippen molar-refractivity contribution in [2.24, 2.45) is 0 Å². The van der Waals surface area contributed by atoms with Crippen LogP contribution in [-0.4, -0.2) is 22.3 Å². The van der Waals surface area contributed by atoms with Crippen molar-refractivity contribution in [3.05, 3.63) is 35.9 Å².